The molecule has 0 saturated heterocycles. The van der Waals surface area contributed by atoms with Crippen molar-refractivity contribution in [3.05, 3.63) is 12.2 Å². The normalized spacial score (nSPS) is 25.0. The first-order chi connectivity index (χ1) is 9.39. The van der Waals surface area contributed by atoms with Crippen molar-refractivity contribution >= 4 is 0 Å². The van der Waals surface area contributed by atoms with Gasteiger partial charge >= 0.3 is 12.4 Å². The van der Waals surface area contributed by atoms with Crippen LogP contribution < -0.4 is 0 Å². The zero-order valence-corrected chi connectivity index (χ0v) is 11.5. The van der Waals surface area contributed by atoms with Gasteiger partial charge < -0.3 is 9.84 Å². The van der Waals surface area contributed by atoms with E-state index in [1.807, 2.05) is 0 Å². The second kappa shape index (κ2) is 6.16. The van der Waals surface area contributed by atoms with Crippen molar-refractivity contribution in [3.63, 3.8) is 0 Å². The van der Waals surface area contributed by atoms with Gasteiger partial charge in [0.05, 0.1) is 12.7 Å². The second-order valence-corrected chi connectivity index (χ2v) is 5.50. The van der Waals surface area contributed by atoms with E-state index in [1.54, 1.807) is 6.92 Å². The van der Waals surface area contributed by atoms with Gasteiger partial charge in [-0.1, -0.05) is 12.2 Å². The first-order valence-corrected chi connectivity index (χ1v) is 6.51. The highest BCUT2D eigenvalue weighted by Gasteiger charge is 2.73. The van der Waals surface area contributed by atoms with Crippen LogP contribution in [0.3, 0.4) is 0 Å². The molecule has 1 aliphatic rings. The summed E-state index contributed by atoms with van der Waals surface area (Å²) in [5, 5.41) is 9.31. The van der Waals surface area contributed by atoms with E-state index >= 15 is 0 Å². The highest BCUT2D eigenvalue weighted by atomic mass is 19.4. The molecule has 0 bridgehead atoms. The van der Waals surface area contributed by atoms with Gasteiger partial charge in [-0.2, -0.15) is 26.3 Å². The van der Waals surface area contributed by atoms with Gasteiger partial charge in [-0.25, -0.2) is 0 Å². The first kappa shape index (κ1) is 18.3. The lowest BCUT2D eigenvalue weighted by Gasteiger charge is -2.41. The quantitative estimate of drug-likeness (QED) is 0.627. The first-order valence-electron chi connectivity index (χ1n) is 6.51. The Morgan fingerprint density at radius 1 is 1.05 bits per heavy atom. The average molecular weight is 320 g/mol. The van der Waals surface area contributed by atoms with E-state index in [4.69, 9.17) is 4.74 Å². The van der Waals surface area contributed by atoms with E-state index in [0.717, 1.165) is 5.57 Å². The molecule has 124 valence electrons. The van der Waals surface area contributed by atoms with Crippen LogP contribution in [0.1, 0.15) is 32.6 Å². The molecule has 1 rings (SSSR count). The minimum atomic E-state index is -5.75. The summed E-state index contributed by atoms with van der Waals surface area (Å²) in [4.78, 5) is 0. The zero-order valence-electron chi connectivity index (χ0n) is 11.5. The van der Waals surface area contributed by atoms with E-state index in [-0.39, 0.29) is 19.4 Å². The predicted molar refractivity (Wildman–Crippen MR) is 63.6 cm³/mol. The molecule has 8 heteroatoms. The molecule has 0 aromatic rings. The summed E-state index contributed by atoms with van der Waals surface area (Å²) in [6, 6.07) is 0. The Hall–Kier alpha value is -0.760. The zero-order chi connectivity index (χ0) is 16.5. The van der Waals surface area contributed by atoms with Crippen LogP contribution >= 0.6 is 0 Å². The van der Waals surface area contributed by atoms with Gasteiger partial charge in [-0.3, -0.25) is 0 Å². The third-order valence-corrected chi connectivity index (χ3v) is 3.69. The number of ether oxygens (including phenoxy) is 1. The number of alkyl halides is 6. The molecule has 21 heavy (non-hydrogen) atoms. The minimum Gasteiger partial charge on any atom is -0.374 e. The Balaban J connectivity index is 2.76. The smallest absolute Gasteiger partial charge is 0.374 e. The maximum atomic E-state index is 12.7. The summed E-state index contributed by atoms with van der Waals surface area (Å²) in [5.41, 5.74) is -3.93. The molecule has 2 nitrogen and oxygen atoms in total. The van der Waals surface area contributed by atoms with E-state index in [9.17, 15) is 31.4 Å². The molecule has 0 aromatic carbocycles. The van der Waals surface area contributed by atoms with Gasteiger partial charge in [0.2, 0.25) is 0 Å². The molecule has 1 saturated carbocycles. The fourth-order valence-corrected chi connectivity index (χ4v) is 2.53. The van der Waals surface area contributed by atoms with Crippen molar-refractivity contribution < 1.29 is 36.2 Å². The van der Waals surface area contributed by atoms with Gasteiger partial charge in [-0.15, -0.1) is 0 Å². The van der Waals surface area contributed by atoms with E-state index in [1.165, 1.54) is 0 Å². The Bertz CT molecular complexity index is 352. The van der Waals surface area contributed by atoms with Gasteiger partial charge in [0.25, 0.3) is 5.60 Å². The minimum absolute atomic E-state index is 0.0480. The fraction of sp³-hybridized carbons (Fsp3) is 0.846. The topological polar surface area (TPSA) is 29.5 Å². The van der Waals surface area contributed by atoms with E-state index in [2.05, 4.69) is 6.58 Å². The molecule has 1 aliphatic carbocycles. The van der Waals surface area contributed by atoms with E-state index in [0.29, 0.717) is 0 Å². The number of hydrogen-bond acceptors (Lipinski definition) is 2. The molecule has 0 heterocycles. The van der Waals surface area contributed by atoms with Crippen LogP contribution in [-0.4, -0.2) is 35.8 Å². The molecule has 0 aromatic heterocycles. The average Bonchev–Trinajstić information content (AvgIpc) is 2.33. The monoisotopic (exact) mass is 320 g/mol. The second-order valence-electron chi connectivity index (χ2n) is 5.50. The third kappa shape index (κ3) is 3.91. The van der Waals surface area contributed by atoms with Crippen molar-refractivity contribution in [2.24, 2.45) is 5.92 Å². The van der Waals surface area contributed by atoms with Crippen LogP contribution in [0.25, 0.3) is 0 Å². The van der Waals surface area contributed by atoms with Crippen LogP contribution in [0.5, 0.6) is 0 Å². The van der Waals surface area contributed by atoms with Gasteiger partial charge in [0.1, 0.15) is 0 Å². The molecular weight excluding hydrogens is 302 g/mol. The molecular formula is C13H18F6O2. The number of halogens is 6. The third-order valence-electron chi connectivity index (χ3n) is 3.69. The van der Waals surface area contributed by atoms with Crippen molar-refractivity contribution in [3.8, 4) is 0 Å². The van der Waals surface area contributed by atoms with Gasteiger partial charge in [-0.05, 0) is 32.6 Å². The highest BCUT2D eigenvalue weighted by Crippen LogP contribution is 2.51. The lowest BCUT2D eigenvalue weighted by molar-refractivity contribution is -0.387. The standard InChI is InChI=1S/C13H18F6O2/c1-8(2)7-21-10-5-3-9(4-6-10)11(20,12(14,15)16)13(17,18)19/h9-10,20H,1,3-7H2,2H3. The van der Waals surface area contributed by atoms with Crippen LogP contribution in [0.15, 0.2) is 12.2 Å². The summed E-state index contributed by atoms with van der Waals surface area (Å²) in [6.07, 6.45) is -12.6. The summed E-state index contributed by atoms with van der Waals surface area (Å²) < 4.78 is 81.7. The fourth-order valence-electron chi connectivity index (χ4n) is 2.53. The summed E-state index contributed by atoms with van der Waals surface area (Å²) in [7, 11) is 0. The predicted octanol–water partition coefficient (Wildman–Crippen LogP) is 3.99. The molecule has 0 unspecified atom stereocenters. The van der Waals surface area contributed by atoms with E-state index < -0.39 is 42.8 Å². The summed E-state index contributed by atoms with van der Waals surface area (Å²) in [6.45, 7) is 5.52. The number of aliphatic hydroxyl groups is 1. The van der Waals surface area contributed by atoms with Crippen LogP contribution in [0, 0.1) is 5.92 Å². The Morgan fingerprint density at radius 3 is 1.81 bits per heavy atom. The summed E-state index contributed by atoms with van der Waals surface area (Å²) in [5.74, 6) is -1.90. The SMILES string of the molecule is C=C(C)COC1CCC(C(O)(C(F)(F)F)C(F)(F)F)CC1. The van der Waals surface area contributed by atoms with Crippen LogP contribution in [0.4, 0.5) is 26.3 Å². The molecule has 0 atom stereocenters. The van der Waals surface area contributed by atoms with Crippen LogP contribution in [0.2, 0.25) is 0 Å². The molecule has 1 fully saturated rings. The van der Waals surface area contributed by atoms with Crippen molar-refractivity contribution in [2.75, 3.05) is 6.61 Å². The lowest BCUT2D eigenvalue weighted by Crippen LogP contribution is -2.62. The van der Waals surface area contributed by atoms with Crippen LogP contribution in [-0.2, 0) is 4.74 Å². The Morgan fingerprint density at radius 2 is 1.48 bits per heavy atom. The summed E-state index contributed by atoms with van der Waals surface area (Å²) >= 11 is 0. The number of hydrogen-bond donors (Lipinski definition) is 1. The van der Waals surface area contributed by atoms with Crippen molar-refractivity contribution in [2.45, 2.75) is 56.7 Å². The molecule has 0 spiro atoms. The maximum absolute atomic E-state index is 12.7. The largest absolute Gasteiger partial charge is 0.426 e. The van der Waals surface area contributed by atoms with Crippen molar-refractivity contribution in [1.82, 2.24) is 0 Å². The van der Waals surface area contributed by atoms with Crippen molar-refractivity contribution in [1.29, 1.82) is 0 Å². The molecule has 0 radical (unpaired) electrons. The number of rotatable bonds is 4. The molecule has 0 amide bonds. The molecule has 0 aliphatic heterocycles. The molecule has 1 N–H and O–H groups in total. The lowest BCUT2D eigenvalue weighted by atomic mass is 9.75. The maximum Gasteiger partial charge on any atom is 0.426 e. The van der Waals surface area contributed by atoms with Gasteiger partial charge in [0.15, 0.2) is 0 Å². The highest BCUT2D eigenvalue weighted by molar-refractivity contribution is 5.01. The Kier molecular flexibility index (Phi) is 5.36. The Labute approximate surface area is 118 Å². The van der Waals surface area contributed by atoms with Gasteiger partial charge in [0, 0.05) is 5.92 Å².